The Morgan fingerprint density at radius 2 is 2.00 bits per heavy atom. The molecule has 3 nitrogen and oxygen atoms in total. The van der Waals surface area contributed by atoms with Gasteiger partial charge in [-0.25, -0.2) is 0 Å². The van der Waals surface area contributed by atoms with E-state index in [0.29, 0.717) is 11.5 Å². The second-order valence-corrected chi connectivity index (χ2v) is 4.75. The third-order valence-electron chi connectivity index (χ3n) is 3.82. The van der Waals surface area contributed by atoms with E-state index in [9.17, 15) is 0 Å². The van der Waals surface area contributed by atoms with Crippen molar-refractivity contribution in [3.8, 4) is 0 Å². The summed E-state index contributed by atoms with van der Waals surface area (Å²) in [7, 11) is 4.10. The van der Waals surface area contributed by atoms with Gasteiger partial charge in [-0.05, 0) is 44.6 Å². The Morgan fingerprint density at radius 1 is 1.31 bits per heavy atom. The highest BCUT2D eigenvalue weighted by Crippen LogP contribution is 2.49. The van der Waals surface area contributed by atoms with Gasteiger partial charge < -0.3 is 10.6 Å². The summed E-state index contributed by atoms with van der Waals surface area (Å²) in [5.41, 5.74) is 1.75. The lowest BCUT2D eigenvalue weighted by molar-refractivity contribution is 0.0788. The van der Waals surface area contributed by atoms with Crippen molar-refractivity contribution < 1.29 is 0 Å². The van der Waals surface area contributed by atoms with Gasteiger partial charge in [0.1, 0.15) is 0 Å². The van der Waals surface area contributed by atoms with Crippen LogP contribution in [-0.4, -0.2) is 25.6 Å². The zero-order chi connectivity index (χ0) is 11.4. The Bertz CT molecular complexity index is 319. The van der Waals surface area contributed by atoms with E-state index in [0.717, 1.165) is 6.54 Å². The van der Waals surface area contributed by atoms with E-state index in [4.69, 9.17) is 0 Å². The summed E-state index contributed by atoms with van der Waals surface area (Å²) in [6.07, 6.45) is 7.73. The topological polar surface area (TPSA) is 37.0 Å². The van der Waals surface area contributed by atoms with Crippen LogP contribution >= 0.6 is 0 Å². The first-order valence-electron chi connectivity index (χ1n) is 6.04. The maximum absolute atomic E-state index is 4.09. The molecule has 1 fully saturated rings. The number of hydrogen-bond donors (Lipinski definition) is 2. The average molecular weight is 219 g/mol. The van der Waals surface area contributed by atoms with Gasteiger partial charge in [0.15, 0.2) is 0 Å². The summed E-state index contributed by atoms with van der Waals surface area (Å²) in [4.78, 5) is 4.09. The summed E-state index contributed by atoms with van der Waals surface area (Å²) in [5.74, 6) is 0. The SMILES string of the molecule is CNCC1(C(NC)c2ccncc2)CCC1. The first kappa shape index (κ1) is 11.6. The van der Waals surface area contributed by atoms with Gasteiger partial charge in [0, 0.05) is 30.4 Å². The van der Waals surface area contributed by atoms with Crippen LogP contribution in [0.15, 0.2) is 24.5 Å². The maximum atomic E-state index is 4.09. The minimum Gasteiger partial charge on any atom is -0.319 e. The highest BCUT2D eigenvalue weighted by atomic mass is 14.9. The summed E-state index contributed by atoms with van der Waals surface area (Å²) in [6, 6.07) is 4.69. The van der Waals surface area contributed by atoms with Gasteiger partial charge in [-0.3, -0.25) is 4.98 Å². The summed E-state index contributed by atoms with van der Waals surface area (Å²) in [5, 5.41) is 6.82. The summed E-state index contributed by atoms with van der Waals surface area (Å²) in [6.45, 7) is 1.08. The largest absolute Gasteiger partial charge is 0.319 e. The molecule has 1 unspecified atom stereocenters. The molecule has 1 aromatic heterocycles. The summed E-state index contributed by atoms with van der Waals surface area (Å²) < 4.78 is 0. The van der Waals surface area contributed by atoms with Gasteiger partial charge in [-0.15, -0.1) is 0 Å². The van der Waals surface area contributed by atoms with E-state index in [-0.39, 0.29) is 0 Å². The van der Waals surface area contributed by atoms with Gasteiger partial charge in [0.2, 0.25) is 0 Å². The van der Waals surface area contributed by atoms with Crippen molar-refractivity contribution in [2.24, 2.45) is 5.41 Å². The molecule has 88 valence electrons. The zero-order valence-corrected chi connectivity index (χ0v) is 10.2. The van der Waals surface area contributed by atoms with Crippen molar-refractivity contribution >= 4 is 0 Å². The predicted molar refractivity (Wildman–Crippen MR) is 66.2 cm³/mol. The fourth-order valence-corrected chi connectivity index (χ4v) is 2.93. The lowest BCUT2D eigenvalue weighted by Crippen LogP contribution is -2.47. The molecule has 0 spiro atoms. The first-order chi connectivity index (χ1) is 7.82. The molecule has 1 heterocycles. The van der Waals surface area contributed by atoms with Crippen molar-refractivity contribution in [3.63, 3.8) is 0 Å². The molecule has 0 saturated heterocycles. The fraction of sp³-hybridized carbons (Fsp3) is 0.615. The van der Waals surface area contributed by atoms with E-state index in [1.54, 1.807) is 0 Å². The van der Waals surface area contributed by atoms with Crippen LogP contribution in [0.4, 0.5) is 0 Å². The predicted octanol–water partition coefficient (Wildman–Crippen LogP) is 1.73. The highest BCUT2D eigenvalue weighted by molar-refractivity contribution is 5.20. The molecular weight excluding hydrogens is 198 g/mol. The van der Waals surface area contributed by atoms with Crippen molar-refractivity contribution in [1.29, 1.82) is 0 Å². The molecule has 3 heteroatoms. The molecule has 1 saturated carbocycles. The van der Waals surface area contributed by atoms with Gasteiger partial charge in [-0.1, -0.05) is 6.42 Å². The number of nitrogens with zero attached hydrogens (tertiary/aromatic N) is 1. The Kier molecular flexibility index (Phi) is 3.56. The Morgan fingerprint density at radius 3 is 2.44 bits per heavy atom. The molecule has 1 atom stereocenters. The Balaban J connectivity index is 2.21. The second-order valence-electron chi connectivity index (χ2n) is 4.75. The number of pyridine rings is 1. The smallest absolute Gasteiger partial charge is 0.0388 e. The molecule has 0 amide bonds. The molecule has 0 aromatic carbocycles. The van der Waals surface area contributed by atoms with E-state index >= 15 is 0 Å². The van der Waals surface area contributed by atoms with Crippen LogP contribution in [-0.2, 0) is 0 Å². The van der Waals surface area contributed by atoms with Crippen LogP contribution in [0.5, 0.6) is 0 Å². The molecular formula is C13H21N3. The molecule has 0 radical (unpaired) electrons. The highest BCUT2D eigenvalue weighted by Gasteiger charge is 2.43. The van der Waals surface area contributed by atoms with Crippen molar-refractivity contribution in [2.75, 3.05) is 20.6 Å². The van der Waals surface area contributed by atoms with E-state index in [1.165, 1.54) is 24.8 Å². The summed E-state index contributed by atoms with van der Waals surface area (Å²) >= 11 is 0. The quantitative estimate of drug-likeness (QED) is 0.792. The van der Waals surface area contributed by atoms with Crippen LogP contribution in [0, 0.1) is 5.41 Å². The van der Waals surface area contributed by atoms with Gasteiger partial charge >= 0.3 is 0 Å². The van der Waals surface area contributed by atoms with Gasteiger partial charge in [0.25, 0.3) is 0 Å². The van der Waals surface area contributed by atoms with Gasteiger partial charge in [0.05, 0.1) is 0 Å². The third kappa shape index (κ3) is 1.97. The molecule has 1 aliphatic carbocycles. The van der Waals surface area contributed by atoms with Crippen LogP contribution in [0.2, 0.25) is 0 Å². The van der Waals surface area contributed by atoms with Crippen LogP contribution in [0.3, 0.4) is 0 Å². The Hall–Kier alpha value is -0.930. The normalized spacial score (nSPS) is 20.1. The lowest BCUT2D eigenvalue weighted by atomic mass is 9.62. The zero-order valence-electron chi connectivity index (χ0n) is 10.2. The first-order valence-corrected chi connectivity index (χ1v) is 6.04. The minimum atomic E-state index is 0.394. The van der Waals surface area contributed by atoms with Crippen LogP contribution in [0.25, 0.3) is 0 Å². The standard InChI is InChI=1S/C13H21N3/c1-14-10-13(6-3-7-13)12(15-2)11-4-8-16-9-5-11/h4-5,8-9,12,14-15H,3,6-7,10H2,1-2H3. The van der Waals surface area contributed by atoms with Crippen molar-refractivity contribution in [2.45, 2.75) is 25.3 Å². The fourth-order valence-electron chi connectivity index (χ4n) is 2.93. The molecule has 2 rings (SSSR count). The molecule has 1 aliphatic rings. The van der Waals surface area contributed by atoms with E-state index in [2.05, 4.69) is 34.8 Å². The maximum Gasteiger partial charge on any atom is 0.0388 e. The Labute approximate surface area is 97.7 Å². The number of rotatable bonds is 5. The molecule has 0 aliphatic heterocycles. The number of nitrogens with one attached hydrogen (secondary N) is 2. The molecule has 2 N–H and O–H groups in total. The van der Waals surface area contributed by atoms with Crippen molar-refractivity contribution in [1.82, 2.24) is 15.6 Å². The average Bonchev–Trinajstić information content (AvgIpc) is 2.28. The molecule has 0 bridgehead atoms. The van der Waals surface area contributed by atoms with Crippen molar-refractivity contribution in [3.05, 3.63) is 30.1 Å². The van der Waals surface area contributed by atoms with E-state index in [1.807, 2.05) is 19.4 Å². The minimum absolute atomic E-state index is 0.394. The van der Waals surface area contributed by atoms with Crippen LogP contribution in [0.1, 0.15) is 30.9 Å². The number of aromatic nitrogens is 1. The lowest BCUT2D eigenvalue weighted by Gasteiger charge is -2.48. The van der Waals surface area contributed by atoms with E-state index < -0.39 is 0 Å². The molecule has 1 aromatic rings. The second kappa shape index (κ2) is 4.93. The van der Waals surface area contributed by atoms with Gasteiger partial charge in [-0.2, -0.15) is 0 Å². The molecule has 16 heavy (non-hydrogen) atoms. The van der Waals surface area contributed by atoms with Crippen LogP contribution < -0.4 is 10.6 Å². The monoisotopic (exact) mass is 219 g/mol. The third-order valence-corrected chi connectivity index (χ3v) is 3.82. The number of hydrogen-bond acceptors (Lipinski definition) is 3.